The van der Waals surface area contributed by atoms with Gasteiger partial charge in [-0.3, -0.25) is 9.48 Å². The third kappa shape index (κ3) is 3.39. The van der Waals surface area contributed by atoms with Crippen LogP contribution in [0.25, 0.3) is 0 Å². The van der Waals surface area contributed by atoms with Crippen LogP contribution in [0.15, 0.2) is 6.07 Å². The van der Waals surface area contributed by atoms with Crippen molar-refractivity contribution >= 4 is 17.6 Å². The molecule has 9 nitrogen and oxygen atoms in total. The molecule has 0 aliphatic heterocycles. The number of carbonyl (C=O) groups is 2. The van der Waals surface area contributed by atoms with Crippen LogP contribution in [-0.2, 0) is 18.8 Å². The second-order valence-corrected chi connectivity index (χ2v) is 5.54. The number of esters is 1. The number of hydrogen-bond acceptors (Lipinski definition) is 6. The molecule has 2 aromatic heterocycles. The van der Waals surface area contributed by atoms with Crippen molar-refractivity contribution in [3.8, 4) is 5.88 Å². The Balaban J connectivity index is 2.29. The number of amides is 1. The zero-order chi connectivity index (χ0) is 18.0. The molecule has 2 heterocycles. The van der Waals surface area contributed by atoms with E-state index in [1.54, 1.807) is 27.1 Å². The van der Waals surface area contributed by atoms with Crippen molar-refractivity contribution in [2.75, 3.05) is 12.4 Å². The number of nitrogens with one attached hydrogen (secondary N) is 1. The van der Waals surface area contributed by atoms with Crippen LogP contribution in [0, 0.1) is 6.92 Å². The lowest BCUT2D eigenvalue weighted by Gasteiger charge is -2.07. The quantitative estimate of drug-likeness (QED) is 0.826. The van der Waals surface area contributed by atoms with Crippen LogP contribution in [-0.4, -0.2) is 44.7 Å². The van der Waals surface area contributed by atoms with Gasteiger partial charge in [0, 0.05) is 20.2 Å². The van der Waals surface area contributed by atoms with E-state index >= 15 is 0 Å². The fraction of sp³-hybridized carbons (Fsp3) is 0.467. The minimum Gasteiger partial charge on any atom is -0.475 e. The van der Waals surface area contributed by atoms with E-state index in [-0.39, 0.29) is 17.5 Å². The van der Waals surface area contributed by atoms with Crippen LogP contribution < -0.4 is 10.1 Å². The van der Waals surface area contributed by atoms with Crippen molar-refractivity contribution < 1.29 is 19.1 Å². The number of carbonyl (C=O) groups excluding carboxylic acids is 2. The average molecular weight is 335 g/mol. The summed E-state index contributed by atoms with van der Waals surface area (Å²) in [7, 11) is 4.55. The van der Waals surface area contributed by atoms with Crippen molar-refractivity contribution in [1.29, 1.82) is 0 Å². The molecule has 0 aliphatic rings. The molecule has 24 heavy (non-hydrogen) atoms. The van der Waals surface area contributed by atoms with E-state index in [9.17, 15) is 9.59 Å². The van der Waals surface area contributed by atoms with E-state index in [0.29, 0.717) is 17.3 Å². The first kappa shape index (κ1) is 17.5. The molecular weight excluding hydrogens is 314 g/mol. The second kappa shape index (κ2) is 6.73. The Hall–Kier alpha value is -2.84. The SMILES string of the molecule is COC(=O)c1c(NC(=O)c2cc(OC(C)C)n(C)n2)c(C)nn1C. The Morgan fingerprint density at radius 2 is 1.88 bits per heavy atom. The van der Waals surface area contributed by atoms with Gasteiger partial charge >= 0.3 is 5.97 Å². The maximum absolute atomic E-state index is 12.5. The van der Waals surface area contributed by atoms with E-state index in [1.165, 1.54) is 16.5 Å². The number of aromatic nitrogens is 4. The van der Waals surface area contributed by atoms with E-state index in [1.807, 2.05) is 13.8 Å². The van der Waals surface area contributed by atoms with Gasteiger partial charge in [0.15, 0.2) is 11.4 Å². The number of rotatable bonds is 5. The standard InChI is InChI=1S/C15H21N5O4/c1-8(2)24-11-7-10(18-19(11)4)14(21)16-12-9(3)17-20(5)13(12)15(22)23-6/h7-8H,1-6H3,(H,16,21). The number of anilines is 1. The highest BCUT2D eigenvalue weighted by Crippen LogP contribution is 2.22. The largest absolute Gasteiger partial charge is 0.475 e. The van der Waals surface area contributed by atoms with Crippen molar-refractivity contribution in [2.24, 2.45) is 14.1 Å². The molecule has 0 saturated heterocycles. The summed E-state index contributed by atoms with van der Waals surface area (Å²) in [5.41, 5.74) is 1.14. The summed E-state index contributed by atoms with van der Waals surface area (Å²) in [6.45, 7) is 5.45. The molecule has 0 unspecified atom stereocenters. The molecule has 2 rings (SSSR count). The minimum absolute atomic E-state index is 0.0391. The number of nitrogens with zero attached hydrogens (tertiary/aromatic N) is 4. The van der Waals surface area contributed by atoms with Crippen molar-refractivity contribution in [2.45, 2.75) is 26.9 Å². The predicted octanol–water partition coefficient (Wildman–Crippen LogP) is 1.29. The summed E-state index contributed by atoms with van der Waals surface area (Å²) < 4.78 is 13.1. The summed E-state index contributed by atoms with van der Waals surface area (Å²) in [5, 5.41) is 10.9. The molecule has 0 aromatic carbocycles. The topological polar surface area (TPSA) is 100 Å². The Kier molecular flexibility index (Phi) is 4.91. The van der Waals surface area contributed by atoms with Crippen LogP contribution in [0.4, 0.5) is 5.69 Å². The van der Waals surface area contributed by atoms with Crippen LogP contribution in [0.5, 0.6) is 5.88 Å². The highest BCUT2D eigenvalue weighted by atomic mass is 16.5. The van der Waals surface area contributed by atoms with Gasteiger partial charge in [-0.15, -0.1) is 0 Å². The van der Waals surface area contributed by atoms with Crippen molar-refractivity contribution in [3.05, 3.63) is 23.1 Å². The lowest BCUT2D eigenvalue weighted by atomic mass is 10.2. The first-order valence-corrected chi connectivity index (χ1v) is 7.38. The van der Waals surface area contributed by atoms with Gasteiger partial charge in [0.1, 0.15) is 0 Å². The molecule has 2 aromatic rings. The van der Waals surface area contributed by atoms with E-state index < -0.39 is 11.9 Å². The monoisotopic (exact) mass is 335 g/mol. The molecule has 0 fully saturated rings. The third-order valence-corrected chi connectivity index (χ3v) is 3.27. The summed E-state index contributed by atoms with van der Waals surface area (Å²) in [4.78, 5) is 24.4. The molecular formula is C15H21N5O4. The van der Waals surface area contributed by atoms with Crippen LogP contribution in [0.1, 0.15) is 40.5 Å². The van der Waals surface area contributed by atoms with Gasteiger partial charge in [-0.25, -0.2) is 9.48 Å². The van der Waals surface area contributed by atoms with Gasteiger partial charge in [-0.05, 0) is 20.8 Å². The predicted molar refractivity (Wildman–Crippen MR) is 86.2 cm³/mol. The summed E-state index contributed by atoms with van der Waals surface area (Å²) >= 11 is 0. The molecule has 1 N–H and O–H groups in total. The first-order valence-electron chi connectivity index (χ1n) is 7.38. The molecule has 0 saturated carbocycles. The third-order valence-electron chi connectivity index (χ3n) is 3.27. The zero-order valence-corrected chi connectivity index (χ0v) is 14.6. The summed E-state index contributed by atoms with van der Waals surface area (Å²) in [5.74, 6) is -0.574. The summed E-state index contributed by atoms with van der Waals surface area (Å²) in [6, 6.07) is 1.54. The van der Waals surface area contributed by atoms with Gasteiger partial charge < -0.3 is 14.8 Å². The highest BCUT2D eigenvalue weighted by molar-refractivity contribution is 6.07. The molecule has 1 amide bonds. The maximum atomic E-state index is 12.5. The number of aryl methyl sites for hydroxylation is 3. The highest BCUT2D eigenvalue weighted by Gasteiger charge is 2.24. The second-order valence-electron chi connectivity index (χ2n) is 5.54. The lowest BCUT2D eigenvalue weighted by Crippen LogP contribution is -2.17. The van der Waals surface area contributed by atoms with Crippen molar-refractivity contribution in [1.82, 2.24) is 19.6 Å². The van der Waals surface area contributed by atoms with Gasteiger partial charge in [0.2, 0.25) is 5.88 Å². The Labute approximate surface area is 139 Å². The number of methoxy groups -OCH3 is 1. The van der Waals surface area contributed by atoms with Gasteiger partial charge in [-0.2, -0.15) is 10.2 Å². The maximum Gasteiger partial charge on any atom is 0.358 e. The molecule has 0 aliphatic carbocycles. The van der Waals surface area contributed by atoms with Crippen LogP contribution in [0.2, 0.25) is 0 Å². The lowest BCUT2D eigenvalue weighted by molar-refractivity contribution is 0.0589. The van der Waals surface area contributed by atoms with Gasteiger partial charge in [0.05, 0.1) is 24.6 Å². The van der Waals surface area contributed by atoms with Crippen LogP contribution in [0.3, 0.4) is 0 Å². The molecule has 0 bridgehead atoms. The minimum atomic E-state index is -0.585. The summed E-state index contributed by atoms with van der Waals surface area (Å²) in [6.07, 6.45) is -0.0391. The Morgan fingerprint density at radius 3 is 2.46 bits per heavy atom. The molecule has 0 spiro atoms. The fourth-order valence-corrected chi connectivity index (χ4v) is 2.23. The fourth-order valence-electron chi connectivity index (χ4n) is 2.23. The molecule has 0 radical (unpaired) electrons. The average Bonchev–Trinajstić information content (AvgIpc) is 2.98. The van der Waals surface area contributed by atoms with E-state index in [4.69, 9.17) is 9.47 Å². The Bertz CT molecular complexity index is 775. The smallest absolute Gasteiger partial charge is 0.358 e. The molecule has 9 heteroatoms. The number of ether oxygens (including phenoxy) is 2. The zero-order valence-electron chi connectivity index (χ0n) is 14.6. The molecule has 130 valence electrons. The normalized spacial score (nSPS) is 10.8. The van der Waals surface area contributed by atoms with Crippen molar-refractivity contribution in [3.63, 3.8) is 0 Å². The molecule has 0 atom stereocenters. The first-order chi connectivity index (χ1) is 11.2. The van der Waals surface area contributed by atoms with E-state index in [2.05, 4.69) is 15.5 Å². The van der Waals surface area contributed by atoms with Gasteiger partial charge in [0.25, 0.3) is 5.91 Å². The Morgan fingerprint density at radius 1 is 1.21 bits per heavy atom. The number of hydrogen-bond donors (Lipinski definition) is 1. The van der Waals surface area contributed by atoms with E-state index in [0.717, 1.165) is 0 Å². The van der Waals surface area contributed by atoms with Gasteiger partial charge in [-0.1, -0.05) is 0 Å². The van der Waals surface area contributed by atoms with Crippen LogP contribution >= 0.6 is 0 Å².